The van der Waals surface area contributed by atoms with Crippen molar-refractivity contribution in [1.82, 2.24) is 10.2 Å². The van der Waals surface area contributed by atoms with Gasteiger partial charge in [-0.3, -0.25) is 19.8 Å². The van der Waals surface area contributed by atoms with Crippen molar-refractivity contribution in [3.8, 4) is 0 Å². The first-order valence-electron chi connectivity index (χ1n) is 9.43. The lowest BCUT2D eigenvalue weighted by Gasteiger charge is -2.27. The highest BCUT2D eigenvalue weighted by atomic mass is 32.1. The van der Waals surface area contributed by atoms with Crippen LogP contribution in [-0.4, -0.2) is 42.0 Å². The number of morpholine rings is 1. The van der Waals surface area contributed by atoms with Gasteiger partial charge in [-0.2, -0.15) is 0 Å². The van der Waals surface area contributed by atoms with Gasteiger partial charge in [0.1, 0.15) is 0 Å². The summed E-state index contributed by atoms with van der Waals surface area (Å²) in [6.07, 6.45) is 0. The molecule has 3 aromatic rings. The van der Waals surface area contributed by atoms with E-state index in [0.717, 1.165) is 43.1 Å². The topological polar surface area (TPSA) is 84.7 Å². The van der Waals surface area contributed by atoms with Crippen LogP contribution in [0.4, 0.5) is 5.69 Å². The molecular weight excluding hydrogens is 390 g/mol. The van der Waals surface area contributed by atoms with E-state index in [4.69, 9.17) is 4.74 Å². The predicted molar refractivity (Wildman–Crippen MR) is 112 cm³/mol. The quantitative estimate of drug-likeness (QED) is 0.495. The monoisotopic (exact) mass is 411 g/mol. The third-order valence-electron chi connectivity index (χ3n) is 4.99. The Labute approximate surface area is 172 Å². The molecule has 0 bridgehead atoms. The van der Waals surface area contributed by atoms with Crippen LogP contribution in [0.5, 0.6) is 0 Å². The summed E-state index contributed by atoms with van der Waals surface area (Å²) in [7, 11) is 0. The standard InChI is InChI=1S/C21H21N3O4S/c25-21(20-12-17-11-18(24(26)27)5-6-19(17)29-20)22-13-15-3-1-2-4-16(15)14-23-7-9-28-10-8-23/h1-6,11-12H,7-10,13-14H2,(H,22,25). The number of nitrogens with zero attached hydrogens (tertiary/aromatic N) is 2. The van der Waals surface area contributed by atoms with Crippen molar-refractivity contribution in [2.45, 2.75) is 13.1 Å². The van der Waals surface area contributed by atoms with E-state index >= 15 is 0 Å². The zero-order valence-electron chi connectivity index (χ0n) is 15.8. The Morgan fingerprint density at radius 2 is 1.90 bits per heavy atom. The summed E-state index contributed by atoms with van der Waals surface area (Å²) in [5, 5.41) is 14.6. The highest BCUT2D eigenvalue weighted by molar-refractivity contribution is 7.20. The summed E-state index contributed by atoms with van der Waals surface area (Å²) in [5.74, 6) is -0.171. The third kappa shape index (κ3) is 4.61. The molecule has 8 heteroatoms. The molecule has 29 heavy (non-hydrogen) atoms. The Bertz CT molecular complexity index is 1040. The minimum absolute atomic E-state index is 0.0271. The van der Waals surface area contributed by atoms with Gasteiger partial charge in [0.25, 0.3) is 11.6 Å². The van der Waals surface area contributed by atoms with E-state index in [1.807, 2.05) is 18.2 Å². The Kier molecular flexibility index (Phi) is 5.84. The highest BCUT2D eigenvalue weighted by Gasteiger charge is 2.15. The Morgan fingerprint density at radius 1 is 1.14 bits per heavy atom. The molecule has 1 fully saturated rings. The molecule has 0 radical (unpaired) electrons. The van der Waals surface area contributed by atoms with Crippen molar-refractivity contribution in [2.75, 3.05) is 26.3 Å². The largest absolute Gasteiger partial charge is 0.379 e. The third-order valence-corrected chi connectivity index (χ3v) is 6.10. The highest BCUT2D eigenvalue weighted by Crippen LogP contribution is 2.29. The molecule has 1 aliphatic rings. The first-order chi connectivity index (χ1) is 14.1. The number of rotatable bonds is 6. The molecule has 0 spiro atoms. The molecule has 2 aromatic carbocycles. The average Bonchev–Trinajstić information content (AvgIpc) is 3.17. The van der Waals surface area contributed by atoms with Crippen molar-refractivity contribution >= 4 is 33.0 Å². The lowest BCUT2D eigenvalue weighted by Crippen LogP contribution is -2.36. The van der Waals surface area contributed by atoms with Crippen LogP contribution in [0, 0.1) is 10.1 Å². The number of carbonyl (C=O) groups excluding carboxylic acids is 1. The molecule has 0 unspecified atom stereocenters. The van der Waals surface area contributed by atoms with Gasteiger partial charge < -0.3 is 10.1 Å². The fourth-order valence-corrected chi connectivity index (χ4v) is 4.36. The van der Waals surface area contributed by atoms with Crippen molar-refractivity contribution in [3.05, 3.63) is 74.6 Å². The van der Waals surface area contributed by atoms with Crippen molar-refractivity contribution < 1.29 is 14.5 Å². The van der Waals surface area contributed by atoms with Gasteiger partial charge in [0.05, 0.1) is 23.0 Å². The number of hydrogen-bond acceptors (Lipinski definition) is 6. The molecule has 2 heterocycles. The van der Waals surface area contributed by atoms with Crippen LogP contribution >= 0.6 is 11.3 Å². The van der Waals surface area contributed by atoms with E-state index in [1.54, 1.807) is 12.1 Å². The maximum atomic E-state index is 12.6. The van der Waals surface area contributed by atoms with E-state index < -0.39 is 4.92 Å². The predicted octanol–water partition coefficient (Wildman–Crippen LogP) is 3.57. The second kappa shape index (κ2) is 8.69. The van der Waals surface area contributed by atoms with Crippen LogP contribution in [0.2, 0.25) is 0 Å². The molecular formula is C21H21N3O4S. The molecule has 0 saturated carbocycles. The Hall–Kier alpha value is -2.81. The number of non-ortho nitro benzene ring substituents is 1. The fraction of sp³-hybridized carbons (Fsp3) is 0.286. The van der Waals surface area contributed by atoms with Gasteiger partial charge in [0.15, 0.2) is 0 Å². The summed E-state index contributed by atoms with van der Waals surface area (Å²) < 4.78 is 6.26. The van der Waals surface area contributed by atoms with Crippen molar-refractivity contribution in [2.24, 2.45) is 0 Å². The lowest BCUT2D eigenvalue weighted by atomic mass is 10.1. The zero-order chi connectivity index (χ0) is 20.2. The molecule has 4 rings (SSSR count). The smallest absolute Gasteiger partial charge is 0.270 e. The van der Waals surface area contributed by atoms with E-state index in [2.05, 4.69) is 16.3 Å². The van der Waals surface area contributed by atoms with Crippen LogP contribution in [0.1, 0.15) is 20.8 Å². The SMILES string of the molecule is O=C(NCc1ccccc1CN1CCOCC1)c1cc2cc([N+](=O)[O-])ccc2s1. The number of thiophene rings is 1. The van der Waals surface area contributed by atoms with Gasteiger partial charge in [-0.05, 0) is 23.3 Å². The number of nitro groups is 1. The number of carbonyl (C=O) groups is 1. The summed E-state index contributed by atoms with van der Waals surface area (Å²) in [6, 6.07) is 14.5. The van der Waals surface area contributed by atoms with E-state index in [0.29, 0.717) is 16.8 Å². The first kappa shape index (κ1) is 19.5. The molecule has 7 nitrogen and oxygen atoms in total. The molecule has 0 aliphatic carbocycles. The first-order valence-corrected chi connectivity index (χ1v) is 10.2. The summed E-state index contributed by atoms with van der Waals surface area (Å²) >= 11 is 1.34. The molecule has 150 valence electrons. The van der Waals surface area contributed by atoms with Crippen LogP contribution in [-0.2, 0) is 17.8 Å². The maximum Gasteiger partial charge on any atom is 0.270 e. The number of hydrogen-bond donors (Lipinski definition) is 1. The minimum Gasteiger partial charge on any atom is -0.379 e. The van der Waals surface area contributed by atoms with Gasteiger partial charge >= 0.3 is 0 Å². The maximum absolute atomic E-state index is 12.6. The van der Waals surface area contributed by atoms with E-state index in [9.17, 15) is 14.9 Å². The van der Waals surface area contributed by atoms with Crippen LogP contribution in [0.25, 0.3) is 10.1 Å². The minimum atomic E-state index is -0.428. The molecule has 1 saturated heterocycles. The van der Waals surface area contributed by atoms with Crippen LogP contribution in [0.3, 0.4) is 0 Å². The number of amides is 1. The van der Waals surface area contributed by atoms with E-state index in [-0.39, 0.29) is 11.6 Å². The van der Waals surface area contributed by atoms with E-state index in [1.165, 1.54) is 29.0 Å². The number of nitro benzene ring substituents is 1. The van der Waals surface area contributed by atoms with Gasteiger partial charge in [-0.25, -0.2) is 0 Å². The number of benzene rings is 2. The molecule has 1 aliphatic heterocycles. The molecule has 1 amide bonds. The van der Waals surface area contributed by atoms with Crippen LogP contribution < -0.4 is 5.32 Å². The number of nitrogens with one attached hydrogen (secondary N) is 1. The van der Waals surface area contributed by atoms with Crippen molar-refractivity contribution in [3.63, 3.8) is 0 Å². The molecule has 1 N–H and O–H groups in total. The molecule has 1 aromatic heterocycles. The lowest BCUT2D eigenvalue weighted by molar-refractivity contribution is -0.384. The van der Waals surface area contributed by atoms with Gasteiger partial charge in [0.2, 0.25) is 0 Å². The van der Waals surface area contributed by atoms with Crippen LogP contribution in [0.15, 0.2) is 48.5 Å². The molecule has 0 atom stereocenters. The Balaban J connectivity index is 1.44. The number of fused-ring (bicyclic) bond motifs is 1. The second-order valence-electron chi connectivity index (χ2n) is 6.93. The second-order valence-corrected chi connectivity index (χ2v) is 8.01. The summed E-state index contributed by atoms with van der Waals surface area (Å²) in [5.41, 5.74) is 2.31. The van der Waals surface area contributed by atoms with Gasteiger partial charge in [0, 0.05) is 48.4 Å². The summed E-state index contributed by atoms with van der Waals surface area (Å²) in [4.78, 5) is 26.1. The Morgan fingerprint density at radius 3 is 2.66 bits per heavy atom. The van der Waals surface area contributed by atoms with Gasteiger partial charge in [-0.1, -0.05) is 24.3 Å². The average molecular weight is 411 g/mol. The summed E-state index contributed by atoms with van der Waals surface area (Å²) in [6.45, 7) is 4.60. The normalized spacial score (nSPS) is 14.8. The van der Waals surface area contributed by atoms with Gasteiger partial charge in [-0.15, -0.1) is 11.3 Å². The number of ether oxygens (including phenoxy) is 1. The fourth-order valence-electron chi connectivity index (χ4n) is 3.40. The zero-order valence-corrected chi connectivity index (χ0v) is 16.6. The van der Waals surface area contributed by atoms with Crippen molar-refractivity contribution in [1.29, 1.82) is 0 Å².